The van der Waals surface area contributed by atoms with Gasteiger partial charge in [0.1, 0.15) is 11.5 Å². The molecule has 0 saturated heterocycles. The van der Waals surface area contributed by atoms with E-state index in [2.05, 4.69) is 21.0 Å². The summed E-state index contributed by atoms with van der Waals surface area (Å²) >= 11 is 3.12. The van der Waals surface area contributed by atoms with E-state index in [4.69, 9.17) is 5.11 Å². The van der Waals surface area contributed by atoms with Gasteiger partial charge in [0.15, 0.2) is 0 Å². The van der Waals surface area contributed by atoms with Gasteiger partial charge in [0.25, 0.3) is 0 Å². The van der Waals surface area contributed by atoms with Crippen molar-refractivity contribution in [1.82, 2.24) is 9.78 Å². The third kappa shape index (κ3) is 2.36. The summed E-state index contributed by atoms with van der Waals surface area (Å²) in [6.07, 6.45) is 1.40. The molecule has 0 radical (unpaired) electrons. The predicted molar refractivity (Wildman–Crippen MR) is 62.4 cm³/mol. The summed E-state index contributed by atoms with van der Waals surface area (Å²) in [6.45, 7) is 0.201. The molecular formula is C11H8BrFN2O2. The van der Waals surface area contributed by atoms with Crippen molar-refractivity contribution in [3.63, 3.8) is 0 Å². The van der Waals surface area contributed by atoms with Gasteiger partial charge in [-0.05, 0) is 33.6 Å². The first-order chi connectivity index (χ1) is 8.09. The maximum atomic E-state index is 13.3. The quantitative estimate of drug-likeness (QED) is 0.947. The molecular weight excluding hydrogens is 291 g/mol. The van der Waals surface area contributed by atoms with Crippen LogP contribution in [0.15, 0.2) is 34.9 Å². The van der Waals surface area contributed by atoms with Crippen LogP contribution in [0.2, 0.25) is 0 Å². The molecule has 0 unspecified atom stereocenters. The van der Waals surface area contributed by atoms with E-state index < -0.39 is 5.97 Å². The van der Waals surface area contributed by atoms with Crippen molar-refractivity contribution in [2.24, 2.45) is 0 Å². The Morgan fingerprint density at radius 3 is 2.94 bits per heavy atom. The fourth-order valence-corrected chi connectivity index (χ4v) is 1.86. The molecule has 6 heteroatoms. The van der Waals surface area contributed by atoms with Crippen molar-refractivity contribution in [3.8, 4) is 0 Å². The van der Waals surface area contributed by atoms with Crippen LogP contribution in [0, 0.1) is 5.82 Å². The molecule has 4 nitrogen and oxygen atoms in total. The fraction of sp³-hybridized carbons (Fsp3) is 0.0909. The van der Waals surface area contributed by atoms with Crippen molar-refractivity contribution in [2.45, 2.75) is 6.54 Å². The number of aromatic carboxylic acids is 1. The molecule has 1 N–H and O–H groups in total. The SMILES string of the molecule is O=C(O)c1ccnn1Cc1cccc(F)c1Br. The number of aromatic nitrogens is 2. The number of benzene rings is 1. The van der Waals surface area contributed by atoms with Gasteiger partial charge in [0.2, 0.25) is 0 Å². The van der Waals surface area contributed by atoms with Gasteiger partial charge in [0.05, 0.1) is 11.0 Å². The Labute approximate surface area is 105 Å². The summed E-state index contributed by atoms with van der Waals surface area (Å²) in [4.78, 5) is 10.9. The number of hydrogen-bond acceptors (Lipinski definition) is 2. The second-order valence-corrected chi connectivity index (χ2v) is 4.19. The molecule has 88 valence electrons. The lowest BCUT2D eigenvalue weighted by molar-refractivity contribution is 0.0684. The smallest absolute Gasteiger partial charge is 0.354 e. The minimum Gasteiger partial charge on any atom is -0.477 e. The largest absolute Gasteiger partial charge is 0.477 e. The van der Waals surface area contributed by atoms with E-state index in [0.29, 0.717) is 10.0 Å². The maximum absolute atomic E-state index is 13.3. The van der Waals surface area contributed by atoms with Crippen LogP contribution in [0.3, 0.4) is 0 Å². The Balaban J connectivity index is 2.35. The predicted octanol–water partition coefficient (Wildman–Crippen LogP) is 2.53. The van der Waals surface area contributed by atoms with Crippen molar-refractivity contribution >= 4 is 21.9 Å². The van der Waals surface area contributed by atoms with Crippen LogP contribution >= 0.6 is 15.9 Å². The van der Waals surface area contributed by atoms with Crippen molar-refractivity contribution in [2.75, 3.05) is 0 Å². The molecule has 2 rings (SSSR count). The zero-order chi connectivity index (χ0) is 12.4. The number of nitrogens with zero attached hydrogens (tertiary/aromatic N) is 2. The highest BCUT2D eigenvalue weighted by molar-refractivity contribution is 9.10. The third-order valence-electron chi connectivity index (χ3n) is 2.29. The van der Waals surface area contributed by atoms with Crippen LogP contribution in [0.5, 0.6) is 0 Å². The lowest BCUT2D eigenvalue weighted by atomic mass is 10.2. The monoisotopic (exact) mass is 298 g/mol. The molecule has 1 aromatic heterocycles. The molecule has 0 aliphatic rings. The van der Waals surface area contributed by atoms with E-state index in [1.54, 1.807) is 12.1 Å². The second kappa shape index (κ2) is 4.67. The number of carbonyl (C=O) groups is 1. The highest BCUT2D eigenvalue weighted by atomic mass is 79.9. The molecule has 1 heterocycles. The molecule has 2 aromatic rings. The topological polar surface area (TPSA) is 55.1 Å². The van der Waals surface area contributed by atoms with Gasteiger partial charge in [-0.3, -0.25) is 4.68 Å². The molecule has 17 heavy (non-hydrogen) atoms. The first-order valence-electron chi connectivity index (χ1n) is 4.77. The van der Waals surface area contributed by atoms with Crippen LogP contribution in [-0.2, 0) is 6.54 Å². The molecule has 0 bridgehead atoms. The average molecular weight is 299 g/mol. The lowest BCUT2D eigenvalue weighted by Crippen LogP contribution is -2.11. The van der Waals surface area contributed by atoms with Crippen molar-refractivity contribution < 1.29 is 14.3 Å². The summed E-state index contributed by atoms with van der Waals surface area (Å²) in [5, 5.41) is 12.8. The van der Waals surface area contributed by atoms with Gasteiger partial charge >= 0.3 is 5.97 Å². The van der Waals surface area contributed by atoms with Crippen LogP contribution in [0.4, 0.5) is 4.39 Å². The molecule has 0 spiro atoms. The van der Waals surface area contributed by atoms with Crippen LogP contribution < -0.4 is 0 Å². The van der Waals surface area contributed by atoms with Crippen molar-refractivity contribution in [3.05, 3.63) is 52.0 Å². The van der Waals surface area contributed by atoms with Gasteiger partial charge in [-0.2, -0.15) is 5.10 Å². The minimum atomic E-state index is -1.06. The zero-order valence-electron chi connectivity index (χ0n) is 8.60. The maximum Gasteiger partial charge on any atom is 0.354 e. The molecule has 0 aliphatic heterocycles. The first kappa shape index (κ1) is 11.8. The highest BCUT2D eigenvalue weighted by Gasteiger charge is 2.12. The van der Waals surface area contributed by atoms with Gasteiger partial charge < -0.3 is 5.11 Å². The Kier molecular flexibility index (Phi) is 3.23. The average Bonchev–Trinajstić information content (AvgIpc) is 2.73. The van der Waals surface area contributed by atoms with Gasteiger partial charge in [0, 0.05) is 6.20 Å². The highest BCUT2D eigenvalue weighted by Crippen LogP contribution is 2.21. The number of carboxylic acid groups (broad SMARTS) is 1. The molecule has 0 atom stereocenters. The number of hydrogen-bond donors (Lipinski definition) is 1. The van der Waals surface area contributed by atoms with E-state index in [0.717, 1.165) is 0 Å². The van der Waals surface area contributed by atoms with E-state index in [1.165, 1.54) is 23.0 Å². The van der Waals surface area contributed by atoms with E-state index in [9.17, 15) is 9.18 Å². The number of halogens is 2. The summed E-state index contributed by atoms with van der Waals surface area (Å²) in [5.41, 5.74) is 0.706. The molecule has 0 saturated carbocycles. The van der Waals surface area contributed by atoms with E-state index in [1.807, 2.05) is 0 Å². The molecule has 1 aromatic carbocycles. The first-order valence-corrected chi connectivity index (χ1v) is 5.57. The number of rotatable bonds is 3. The Hall–Kier alpha value is -1.69. The van der Waals surface area contributed by atoms with Crippen LogP contribution in [0.25, 0.3) is 0 Å². The second-order valence-electron chi connectivity index (χ2n) is 3.39. The summed E-state index contributed by atoms with van der Waals surface area (Å²) in [7, 11) is 0. The molecule has 0 fully saturated rings. The Bertz CT molecular complexity index is 568. The third-order valence-corrected chi connectivity index (χ3v) is 3.18. The lowest BCUT2D eigenvalue weighted by Gasteiger charge is -2.07. The summed E-state index contributed by atoms with van der Waals surface area (Å²) in [6, 6.07) is 6.00. The summed E-state index contributed by atoms with van der Waals surface area (Å²) < 4.78 is 14.9. The normalized spacial score (nSPS) is 10.5. The minimum absolute atomic E-state index is 0.0705. The van der Waals surface area contributed by atoms with Gasteiger partial charge in [-0.25, -0.2) is 9.18 Å². The van der Waals surface area contributed by atoms with E-state index >= 15 is 0 Å². The van der Waals surface area contributed by atoms with E-state index in [-0.39, 0.29) is 18.1 Å². The molecule has 0 aliphatic carbocycles. The fourth-order valence-electron chi connectivity index (χ4n) is 1.47. The van der Waals surface area contributed by atoms with Gasteiger partial charge in [-0.15, -0.1) is 0 Å². The standard InChI is InChI=1S/C11H8BrFN2O2/c12-10-7(2-1-3-8(10)13)6-15-9(11(16)17)4-5-14-15/h1-5H,6H2,(H,16,17). The van der Waals surface area contributed by atoms with Crippen molar-refractivity contribution in [1.29, 1.82) is 0 Å². The summed E-state index contributed by atoms with van der Waals surface area (Å²) in [5.74, 6) is -1.44. The Morgan fingerprint density at radius 2 is 2.24 bits per heavy atom. The van der Waals surface area contributed by atoms with Crippen LogP contribution in [-0.4, -0.2) is 20.9 Å². The zero-order valence-corrected chi connectivity index (χ0v) is 10.2. The van der Waals surface area contributed by atoms with Crippen LogP contribution in [0.1, 0.15) is 16.1 Å². The number of carboxylic acids is 1. The van der Waals surface area contributed by atoms with Gasteiger partial charge in [-0.1, -0.05) is 12.1 Å². The molecule has 0 amide bonds. The Morgan fingerprint density at radius 1 is 1.47 bits per heavy atom.